The van der Waals surface area contributed by atoms with E-state index in [0.29, 0.717) is 0 Å². The number of halogens is 1. The summed E-state index contributed by atoms with van der Waals surface area (Å²) in [6, 6.07) is 0. The van der Waals surface area contributed by atoms with Crippen LogP contribution in [-0.4, -0.2) is 16.5 Å². The Kier molecular flexibility index (Phi) is 4.37. The van der Waals surface area contributed by atoms with Gasteiger partial charge in [-0.05, 0) is 47.3 Å². The van der Waals surface area contributed by atoms with Crippen molar-refractivity contribution < 1.29 is 0 Å². The molecule has 2 rings (SSSR count). The molecule has 2 atom stereocenters. The van der Waals surface area contributed by atoms with Gasteiger partial charge in [0.25, 0.3) is 0 Å². The second-order valence-corrected chi connectivity index (χ2v) is 5.90. The second-order valence-electron chi connectivity index (χ2n) is 4.74. The number of hydrogen-bond donors (Lipinski definition) is 1. The molecule has 1 saturated carbocycles. The average molecular weight is 331 g/mol. The fourth-order valence-electron chi connectivity index (χ4n) is 2.43. The highest BCUT2D eigenvalue weighted by molar-refractivity contribution is 14.1. The minimum absolute atomic E-state index is 0.814. The van der Waals surface area contributed by atoms with E-state index in [2.05, 4.69) is 44.8 Å². The van der Waals surface area contributed by atoms with E-state index < -0.39 is 0 Å². The van der Waals surface area contributed by atoms with Crippen LogP contribution < -0.4 is 5.32 Å². The molecule has 0 amide bonds. The minimum atomic E-state index is 0.814. The summed E-state index contributed by atoms with van der Waals surface area (Å²) in [6.07, 6.45) is 8.96. The van der Waals surface area contributed by atoms with Gasteiger partial charge in [0.15, 0.2) is 0 Å². The number of rotatable bonds is 3. The molecular weight excluding hydrogens is 313 g/mol. The van der Waals surface area contributed by atoms with Crippen LogP contribution in [0.2, 0.25) is 0 Å². The summed E-state index contributed by atoms with van der Waals surface area (Å²) < 4.78 is 1.10. The lowest BCUT2D eigenvalue weighted by Crippen LogP contribution is -2.21. The highest BCUT2D eigenvalue weighted by atomic mass is 127. The van der Waals surface area contributed by atoms with Crippen LogP contribution in [0.25, 0.3) is 0 Å². The van der Waals surface area contributed by atoms with E-state index in [1.807, 2.05) is 6.20 Å². The summed E-state index contributed by atoms with van der Waals surface area (Å²) in [4.78, 5) is 8.25. The lowest BCUT2D eigenvalue weighted by atomic mass is 9.82. The van der Waals surface area contributed by atoms with Gasteiger partial charge in [-0.15, -0.1) is 0 Å². The highest BCUT2D eigenvalue weighted by Gasteiger charge is 2.18. The van der Waals surface area contributed by atoms with E-state index >= 15 is 0 Å². The Bertz CT molecular complexity index is 343. The SMILES string of the molecule is CC1CCCC(CNc2ncncc2I)C1. The lowest BCUT2D eigenvalue weighted by Gasteiger charge is -2.27. The van der Waals surface area contributed by atoms with Crippen LogP contribution in [-0.2, 0) is 0 Å². The third-order valence-corrected chi connectivity index (χ3v) is 4.06. The predicted molar refractivity (Wildman–Crippen MR) is 74.4 cm³/mol. The Labute approximate surface area is 111 Å². The van der Waals surface area contributed by atoms with Gasteiger partial charge < -0.3 is 5.32 Å². The first-order valence-electron chi connectivity index (χ1n) is 5.95. The van der Waals surface area contributed by atoms with Crippen LogP contribution in [0.5, 0.6) is 0 Å². The van der Waals surface area contributed by atoms with E-state index in [1.54, 1.807) is 6.33 Å². The van der Waals surface area contributed by atoms with E-state index in [-0.39, 0.29) is 0 Å². The van der Waals surface area contributed by atoms with Gasteiger partial charge in [0.2, 0.25) is 0 Å². The van der Waals surface area contributed by atoms with Crippen LogP contribution in [0.3, 0.4) is 0 Å². The molecule has 88 valence electrons. The molecule has 0 bridgehead atoms. The number of nitrogens with one attached hydrogen (secondary N) is 1. The molecule has 0 aromatic carbocycles. The summed E-state index contributed by atoms with van der Waals surface area (Å²) in [5.74, 6) is 2.69. The summed E-state index contributed by atoms with van der Waals surface area (Å²) in [5, 5.41) is 3.44. The first-order chi connectivity index (χ1) is 7.75. The second kappa shape index (κ2) is 5.80. The zero-order chi connectivity index (χ0) is 11.4. The molecule has 1 fully saturated rings. The van der Waals surface area contributed by atoms with Crippen molar-refractivity contribution in [2.45, 2.75) is 32.6 Å². The van der Waals surface area contributed by atoms with Gasteiger partial charge in [0, 0.05) is 12.7 Å². The Morgan fingerprint density at radius 1 is 1.50 bits per heavy atom. The molecule has 4 heteroatoms. The van der Waals surface area contributed by atoms with Crippen molar-refractivity contribution in [2.75, 3.05) is 11.9 Å². The van der Waals surface area contributed by atoms with Gasteiger partial charge in [0.1, 0.15) is 12.1 Å². The minimum Gasteiger partial charge on any atom is -0.369 e. The first kappa shape index (κ1) is 12.1. The third kappa shape index (κ3) is 3.30. The Hall–Kier alpha value is -0.390. The van der Waals surface area contributed by atoms with Crippen molar-refractivity contribution in [2.24, 2.45) is 11.8 Å². The Balaban J connectivity index is 1.85. The summed E-state index contributed by atoms with van der Waals surface area (Å²) >= 11 is 2.27. The summed E-state index contributed by atoms with van der Waals surface area (Å²) in [7, 11) is 0. The molecule has 3 nitrogen and oxygen atoms in total. The topological polar surface area (TPSA) is 37.8 Å². The van der Waals surface area contributed by atoms with Crippen molar-refractivity contribution >= 4 is 28.4 Å². The number of hydrogen-bond acceptors (Lipinski definition) is 3. The van der Waals surface area contributed by atoms with Crippen molar-refractivity contribution in [1.29, 1.82) is 0 Å². The molecular formula is C12H18IN3. The number of nitrogens with zero attached hydrogens (tertiary/aromatic N) is 2. The van der Waals surface area contributed by atoms with Crippen molar-refractivity contribution in [1.82, 2.24) is 9.97 Å². The maximum Gasteiger partial charge on any atom is 0.142 e. The zero-order valence-corrected chi connectivity index (χ0v) is 11.8. The molecule has 1 aromatic heterocycles. The molecule has 1 aromatic rings. The van der Waals surface area contributed by atoms with Gasteiger partial charge in [-0.2, -0.15) is 0 Å². The van der Waals surface area contributed by atoms with E-state index in [4.69, 9.17) is 0 Å². The van der Waals surface area contributed by atoms with Gasteiger partial charge in [-0.25, -0.2) is 9.97 Å². The molecule has 1 N–H and O–H groups in total. The maximum atomic E-state index is 4.25. The fraction of sp³-hybridized carbons (Fsp3) is 0.667. The monoisotopic (exact) mass is 331 g/mol. The zero-order valence-electron chi connectivity index (χ0n) is 9.62. The molecule has 0 aliphatic heterocycles. The smallest absolute Gasteiger partial charge is 0.142 e. The molecule has 1 aliphatic carbocycles. The van der Waals surface area contributed by atoms with Crippen molar-refractivity contribution in [3.63, 3.8) is 0 Å². The number of anilines is 1. The van der Waals surface area contributed by atoms with Gasteiger partial charge in [0.05, 0.1) is 3.57 Å². The largest absolute Gasteiger partial charge is 0.369 e. The Morgan fingerprint density at radius 3 is 3.12 bits per heavy atom. The predicted octanol–water partition coefficient (Wildman–Crippen LogP) is 3.32. The van der Waals surface area contributed by atoms with E-state index in [1.165, 1.54) is 25.7 Å². The summed E-state index contributed by atoms with van der Waals surface area (Å²) in [5.41, 5.74) is 0. The standard InChI is InChI=1S/C12H18IN3/c1-9-3-2-4-10(5-9)6-15-12-11(13)7-14-8-16-12/h7-10H,2-6H2,1H3,(H,14,15,16). The van der Waals surface area contributed by atoms with Crippen LogP contribution >= 0.6 is 22.6 Å². The van der Waals surface area contributed by atoms with Crippen LogP contribution in [0.15, 0.2) is 12.5 Å². The van der Waals surface area contributed by atoms with Gasteiger partial charge in [-0.3, -0.25) is 0 Å². The molecule has 1 heterocycles. The van der Waals surface area contributed by atoms with Crippen LogP contribution in [0.1, 0.15) is 32.6 Å². The number of aromatic nitrogens is 2. The molecule has 0 radical (unpaired) electrons. The fourth-order valence-corrected chi connectivity index (χ4v) is 2.92. The van der Waals surface area contributed by atoms with Crippen LogP contribution in [0.4, 0.5) is 5.82 Å². The third-order valence-electron chi connectivity index (χ3n) is 3.27. The van der Waals surface area contributed by atoms with Crippen molar-refractivity contribution in [3.05, 3.63) is 16.1 Å². The highest BCUT2D eigenvalue weighted by Crippen LogP contribution is 2.28. The molecule has 1 aliphatic rings. The Morgan fingerprint density at radius 2 is 2.38 bits per heavy atom. The molecule has 16 heavy (non-hydrogen) atoms. The summed E-state index contributed by atoms with van der Waals surface area (Å²) in [6.45, 7) is 3.41. The van der Waals surface area contributed by atoms with Crippen molar-refractivity contribution in [3.8, 4) is 0 Å². The van der Waals surface area contributed by atoms with Crippen LogP contribution in [0, 0.1) is 15.4 Å². The van der Waals surface area contributed by atoms with E-state index in [9.17, 15) is 0 Å². The maximum absolute atomic E-state index is 4.25. The average Bonchev–Trinajstić information content (AvgIpc) is 2.28. The normalized spacial score (nSPS) is 25.4. The molecule has 2 unspecified atom stereocenters. The first-order valence-corrected chi connectivity index (χ1v) is 7.03. The van der Waals surface area contributed by atoms with Gasteiger partial charge >= 0.3 is 0 Å². The molecule has 0 saturated heterocycles. The molecule has 0 spiro atoms. The van der Waals surface area contributed by atoms with Gasteiger partial charge in [-0.1, -0.05) is 19.8 Å². The lowest BCUT2D eigenvalue weighted by molar-refractivity contribution is 0.293. The van der Waals surface area contributed by atoms with E-state index in [0.717, 1.165) is 27.8 Å². The quantitative estimate of drug-likeness (QED) is 0.864.